The SMILES string of the molecule is [Ba].[Cu].[O]=[Ag].[Sm]. The monoisotopic (exact) mass is 476 g/mol. The minimum Gasteiger partial charge on any atom is 0 e. The molecule has 0 aliphatic heterocycles. The minimum atomic E-state index is 0. The molecular weight excluding hydrogens is 475 g/mol. The van der Waals surface area contributed by atoms with E-state index in [0.29, 0.717) is 0 Å². The Morgan fingerprint density at radius 2 is 1.20 bits per heavy atom. The van der Waals surface area contributed by atoms with Gasteiger partial charge in [-0.05, 0) is 0 Å². The van der Waals surface area contributed by atoms with Crippen LogP contribution in [0.2, 0.25) is 0 Å². The first-order valence-electron chi connectivity index (χ1n) is 0.123. The molecule has 0 unspecified atom stereocenters. The second-order valence-electron chi connectivity index (χ2n) is 0. The first-order valence-corrected chi connectivity index (χ1v) is 0.728. The van der Waals surface area contributed by atoms with Crippen molar-refractivity contribution in [2.75, 3.05) is 0 Å². The summed E-state index contributed by atoms with van der Waals surface area (Å²) in [7, 11) is 0. The molecule has 0 aliphatic carbocycles. The van der Waals surface area contributed by atoms with E-state index in [0.717, 1.165) is 0 Å². The molecule has 0 saturated carbocycles. The third kappa shape index (κ3) is 18.0. The summed E-state index contributed by atoms with van der Waals surface area (Å²) < 4.78 is 8.06. The van der Waals surface area contributed by atoms with E-state index in [2.05, 4.69) is 0 Å². The Kier molecular flexibility index (Phi) is 113. The molecule has 0 heterocycles. The van der Waals surface area contributed by atoms with E-state index in [1.807, 2.05) is 0 Å². The van der Waals surface area contributed by atoms with E-state index in [9.17, 15) is 0 Å². The van der Waals surface area contributed by atoms with Crippen LogP contribution in [0.3, 0.4) is 0 Å². The zero-order chi connectivity index (χ0) is 2.00. The van der Waals surface area contributed by atoms with E-state index in [1.165, 1.54) is 0 Å². The third-order valence-electron chi connectivity index (χ3n) is 0. The summed E-state index contributed by atoms with van der Waals surface area (Å²) in [6, 6.07) is 0. The fraction of sp³-hybridized carbons (Fsp3) is 0. The average Bonchev–Trinajstić information content (AvgIpc) is 1.00. The maximum Gasteiger partial charge on any atom is 0 e. The second kappa shape index (κ2) is 24.6. The van der Waals surface area contributed by atoms with Crippen molar-refractivity contribution >= 4 is 48.9 Å². The van der Waals surface area contributed by atoms with Gasteiger partial charge in [-0.3, -0.25) is 0 Å². The summed E-state index contributed by atoms with van der Waals surface area (Å²) in [4.78, 5) is 0. The number of hydrogen-bond donors (Lipinski definition) is 0. The van der Waals surface area contributed by atoms with Gasteiger partial charge < -0.3 is 0 Å². The quantitative estimate of drug-likeness (QED) is 0.432. The Bertz CT molecular complexity index is 11.6. The van der Waals surface area contributed by atoms with Gasteiger partial charge in [0, 0.05) is 106 Å². The van der Waals surface area contributed by atoms with E-state index in [4.69, 9.17) is 3.25 Å². The third-order valence-corrected chi connectivity index (χ3v) is 0. The van der Waals surface area contributed by atoms with Crippen molar-refractivity contribution in [3.63, 3.8) is 0 Å². The van der Waals surface area contributed by atoms with Gasteiger partial charge in [0.15, 0.2) is 0 Å². The van der Waals surface area contributed by atoms with Crippen LogP contribution in [0.5, 0.6) is 0 Å². The minimum absolute atomic E-state index is 0. The van der Waals surface area contributed by atoms with Crippen molar-refractivity contribution in [3.05, 3.63) is 0 Å². The summed E-state index contributed by atoms with van der Waals surface area (Å²) in [5.74, 6) is 0. The molecule has 0 fully saturated rings. The molecule has 0 spiro atoms. The summed E-state index contributed by atoms with van der Waals surface area (Å²) in [5, 5.41) is 0. The van der Waals surface area contributed by atoms with Gasteiger partial charge in [0.1, 0.15) is 0 Å². The van der Waals surface area contributed by atoms with E-state index in [1.54, 1.807) is 21.0 Å². The van der Waals surface area contributed by atoms with Crippen LogP contribution in [0, 0.1) is 40.4 Å². The van der Waals surface area contributed by atoms with Crippen LogP contribution in [0.4, 0.5) is 0 Å². The molecular formula is AgBaCuOSm. The van der Waals surface area contributed by atoms with Gasteiger partial charge in [0.25, 0.3) is 0 Å². The van der Waals surface area contributed by atoms with Gasteiger partial charge in [-0.2, -0.15) is 0 Å². The molecule has 0 bridgehead atoms. The molecule has 0 aromatic carbocycles. The van der Waals surface area contributed by atoms with Crippen molar-refractivity contribution < 1.29 is 81.7 Å². The predicted molar refractivity (Wildman–Crippen MR) is 6.44 cm³/mol. The Morgan fingerprint density at radius 1 is 1.20 bits per heavy atom. The smallest absolute Gasteiger partial charge is 0 e. The molecule has 0 N–H and O–H groups in total. The van der Waals surface area contributed by atoms with Crippen molar-refractivity contribution in [1.82, 2.24) is 0 Å². The standard InChI is InChI=1S/Ag.Ba.Cu.O.Sm. The van der Waals surface area contributed by atoms with Crippen LogP contribution in [0.25, 0.3) is 0 Å². The fourth-order valence-electron chi connectivity index (χ4n) is 0. The molecule has 5 heavy (non-hydrogen) atoms. The Labute approximate surface area is 127 Å². The molecule has 0 aromatic heterocycles. The molecule has 3 radical (unpaired) electrons. The van der Waals surface area contributed by atoms with Crippen LogP contribution < -0.4 is 0 Å². The van der Waals surface area contributed by atoms with Crippen LogP contribution >= 0.6 is 0 Å². The second-order valence-corrected chi connectivity index (χ2v) is 0. The summed E-state index contributed by atoms with van der Waals surface area (Å²) in [6.07, 6.45) is 0. The van der Waals surface area contributed by atoms with Crippen LogP contribution in [0.1, 0.15) is 0 Å². The molecule has 0 saturated heterocycles. The van der Waals surface area contributed by atoms with Gasteiger partial charge in [-0.15, -0.1) is 0 Å². The predicted octanol–water partition coefficient (Wildman–Crippen LogP) is -0.505. The van der Waals surface area contributed by atoms with Crippen molar-refractivity contribution in [2.45, 2.75) is 0 Å². The Balaban J connectivity index is -0.00000000167. The van der Waals surface area contributed by atoms with E-state index < -0.39 is 0 Å². The molecule has 36 valence electrons. The molecule has 5 heteroatoms. The maximum atomic E-state index is 8.06. The fourth-order valence-corrected chi connectivity index (χ4v) is 0. The van der Waals surface area contributed by atoms with Crippen molar-refractivity contribution in [1.29, 1.82) is 0 Å². The van der Waals surface area contributed by atoms with Crippen LogP contribution in [-0.4, -0.2) is 48.9 Å². The summed E-state index contributed by atoms with van der Waals surface area (Å²) in [6.45, 7) is 0. The van der Waals surface area contributed by atoms with Crippen molar-refractivity contribution in [3.8, 4) is 0 Å². The molecule has 0 aliphatic rings. The van der Waals surface area contributed by atoms with Crippen LogP contribution in [0.15, 0.2) is 0 Å². The average molecular weight is 475 g/mol. The summed E-state index contributed by atoms with van der Waals surface area (Å²) in [5.41, 5.74) is 0. The molecule has 0 amide bonds. The molecule has 0 atom stereocenters. The topological polar surface area (TPSA) is 17.1 Å². The first kappa shape index (κ1) is 23.1. The molecule has 0 rings (SSSR count). The number of hydrogen-bond acceptors (Lipinski definition) is 1. The van der Waals surface area contributed by atoms with Gasteiger partial charge in [-0.1, -0.05) is 0 Å². The van der Waals surface area contributed by atoms with Gasteiger partial charge in [0.05, 0.1) is 0 Å². The summed E-state index contributed by atoms with van der Waals surface area (Å²) >= 11 is 1.70. The van der Waals surface area contributed by atoms with Crippen molar-refractivity contribution in [2.24, 2.45) is 0 Å². The molecule has 0 aromatic rings. The van der Waals surface area contributed by atoms with E-state index in [-0.39, 0.29) is 106 Å². The largest absolute Gasteiger partial charge is 0 e. The normalized spacial score (nSPS) is 1.20. The number of rotatable bonds is 0. The van der Waals surface area contributed by atoms with Gasteiger partial charge in [-0.25, -0.2) is 0 Å². The van der Waals surface area contributed by atoms with Crippen LogP contribution in [-0.2, 0) is 41.4 Å². The molecule has 1 nitrogen and oxygen atoms in total. The maximum absolute atomic E-state index is 8.06. The Morgan fingerprint density at radius 3 is 1.20 bits per heavy atom. The Hall–Kier alpha value is 3.97. The zero-order valence-electron chi connectivity index (χ0n) is 2.13. The van der Waals surface area contributed by atoms with Gasteiger partial charge >= 0.3 is 24.3 Å². The van der Waals surface area contributed by atoms with E-state index >= 15 is 0 Å². The van der Waals surface area contributed by atoms with Gasteiger partial charge in [0.2, 0.25) is 0 Å². The first-order chi connectivity index (χ1) is 1.00. The zero-order valence-corrected chi connectivity index (χ0v) is 11.6.